The van der Waals surface area contributed by atoms with Crippen LogP contribution in [0.2, 0.25) is 0 Å². The van der Waals surface area contributed by atoms with E-state index in [9.17, 15) is 18.0 Å². The number of hydrogen-bond acceptors (Lipinski definition) is 4. The summed E-state index contributed by atoms with van der Waals surface area (Å²) in [6, 6.07) is 12.8. The number of benzene rings is 2. The molecule has 1 aromatic heterocycles. The van der Waals surface area contributed by atoms with Crippen LogP contribution >= 0.6 is 0 Å². The van der Waals surface area contributed by atoms with Gasteiger partial charge < -0.3 is 4.74 Å². The van der Waals surface area contributed by atoms with Crippen molar-refractivity contribution in [2.24, 2.45) is 0 Å². The lowest BCUT2D eigenvalue weighted by Crippen LogP contribution is -2.32. The molecule has 0 aliphatic carbocycles. The van der Waals surface area contributed by atoms with Crippen LogP contribution in [0.5, 0.6) is 0 Å². The van der Waals surface area contributed by atoms with Crippen molar-refractivity contribution in [3.05, 3.63) is 77.1 Å². The molecule has 4 rings (SSSR count). The first-order valence-electron chi connectivity index (χ1n) is 10.5. The molecule has 1 fully saturated rings. The summed E-state index contributed by atoms with van der Waals surface area (Å²) in [5.41, 5.74) is 3.13. The molecule has 0 bridgehead atoms. The Morgan fingerprint density at radius 3 is 2.53 bits per heavy atom. The molecule has 5 nitrogen and oxygen atoms in total. The summed E-state index contributed by atoms with van der Waals surface area (Å²) >= 11 is 0. The summed E-state index contributed by atoms with van der Waals surface area (Å²) in [6.07, 6.45) is -0.997. The van der Waals surface area contributed by atoms with E-state index in [1.165, 1.54) is 19.2 Å². The second-order valence-electron chi connectivity index (χ2n) is 8.01. The number of ether oxygens (including phenoxy) is 1. The lowest BCUT2D eigenvalue weighted by atomic mass is 9.89. The second-order valence-corrected chi connectivity index (χ2v) is 8.01. The monoisotopic (exact) mass is 443 g/mol. The Morgan fingerprint density at radius 2 is 1.88 bits per heavy atom. The summed E-state index contributed by atoms with van der Waals surface area (Å²) in [4.78, 5) is 13.9. The number of carbonyl (C=O) groups excluding carboxylic acids is 1. The van der Waals surface area contributed by atoms with Crippen LogP contribution in [-0.2, 0) is 17.5 Å². The molecule has 0 radical (unpaired) electrons. The van der Waals surface area contributed by atoms with Crippen molar-refractivity contribution < 1.29 is 22.7 Å². The zero-order chi connectivity index (χ0) is 22.7. The minimum absolute atomic E-state index is 0.208. The highest BCUT2D eigenvalue weighted by molar-refractivity contribution is 5.89. The van der Waals surface area contributed by atoms with Crippen molar-refractivity contribution in [2.45, 2.75) is 31.5 Å². The fraction of sp³-hybridized carbons (Fsp3) is 0.333. The van der Waals surface area contributed by atoms with Crippen LogP contribution < -0.4 is 0 Å². The third-order valence-electron chi connectivity index (χ3n) is 5.95. The maximum atomic E-state index is 13.1. The third kappa shape index (κ3) is 4.85. The van der Waals surface area contributed by atoms with E-state index >= 15 is 0 Å². The largest absolute Gasteiger partial charge is 0.465 e. The number of rotatable bonds is 5. The first-order valence-corrected chi connectivity index (χ1v) is 10.5. The molecular formula is C24H24F3N3O2. The number of halogens is 3. The number of aromatic nitrogens is 2. The summed E-state index contributed by atoms with van der Waals surface area (Å²) in [5.74, 6) is -0.145. The minimum atomic E-state index is -4.37. The van der Waals surface area contributed by atoms with Gasteiger partial charge in [-0.05, 0) is 61.3 Å². The fourth-order valence-corrected chi connectivity index (χ4v) is 4.20. The zero-order valence-corrected chi connectivity index (χ0v) is 17.7. The van der Waals surface area contributed by atoms with Gasteiger partial charge in [0, 0.05) is 23.7 Å². The number of hydrogen-bond donors (Lipinski definition) is 1. The first-order chi connectivity index (χ1) is 15.3. The number of piperidine rings is 1. The lowest BCUT2D eigenvalue weighted by molar-refractivity contribution is -0.137. The van der Waals surface area contributed by atoms with Crippen LogP contribution in [0.3, 0.4) is 0 Å². The van der Waals surface area contributed by atoms with Crippen LogP contribution in [0.1, 0.15) is 45.9 Å². The van der Waals surface area contributed by atoms with Gasteiger partial charge in [-0.1, -0.05) is 24.3 Å². The molecule has 1 saturated heterocycles. The third-order valence-corrected chi connectivity index (χ3v) is 5.95. The zero-order valence-electron chi connectivity index (χ0n) is 17.7. The topological polar surface area (TPSA) is 58.2 Å². The summed E-state index contributed by atoms with van der Waals surface area (Å²) in [6.45, 7) is 2.51. The molecule has 1 N–H and O–H groups in total. The molecule has 1 aliphatic heterocycles. The highest BCUT2D eigenvalue weighted by atomic mass is 19.4. The number of esters is 1. The maximum absolute atomic E-state index is 13.1. The van der Waals surface area contributed by atoms with Gasteiger partial charge in [-0.3, -0.25) is 10.00 Å². The number of nitrogens with zero attached hydrogens (tertiary/aromatic N) is 2. The normalized spacial score (nSPS) is 15.6. The summed E-state index contributed by atoms with van der Waals surface area (Å²) in [5, 5.41) is 7.15. The van der Waals surface area contributed by atoms with Gasteiger partial charge in [-0.15, -0.1) is 0 Å². The van der Waals surface area contributed by atoms with Gasteiger partial charge in [0.25, 0.3) is 0 Å². The first kappa shape index (κ1) is 22.1. The average Bonchev–Trinajstić information content (AvgIpc) is 3.29. The van der Waals surface area contributed by atoms with Crippen LogP contribution in [0.15, 0.2) is 54.7 Å². The van der Waals surface area contributed by atoms with Crippen molar-refractivity contribution in [3.8, 4) is 11.1 Å². The van der Waals surface area contributed by atoms with Gasteiger partial charge in [-0.2, -0.15) is 18.3 Å². The number of alkyl halides is 3. The number of nitrogens with one attached hydrogen (secondary N) is 1. The Kier molecular flexibility index (Phi) is 6.32. The highest BCUT2D eigenvalue weighted by Crippen LogP contribution is 2.37. The SMILES string of the molecule is COC(=O)c1ccc(CN2CCC(c3[nH]ncc3-c3cccc(C(F)(F)F)c3)CC2)cc1. The maximum Gasteiger partial charge on any atom is 0.416 e. The van der Waals surface area contributed by atoms with Gasteiger partial charge in [-0.25, -0.2) is 4.79 Å². The Labute approximate surface area is 184 Å². The molecule has 0 atom stereocenters. The van der Waals surface area contributed by atoms with Crippen molar-refractivity contribution in [2.75, 3.05) is 20.2 Å². The van der Waals surface area contributed by atoms with Crippen LogP contribution in [-0.4, -0.2) is 41.3 Å². The number of methoxy groups -OCH3 is 1. The van der Waals surface area contributed by atoms with E-state index in [1.54, 1.807) is 24.4 Å². The quantitative estimate of drug-likeness (QED) is 0.547. The molecular weight excluding hydrogens is 419 g/mol. The summed E-state index contributed by atoms with van der Waals surface area (Å²) < 4.78 is 44.1. The van der Waals surface area contributed by atoms with E-state index in [0.29, 0.717) is 11.1 Å². The van der Waals surface area contributed by atoms with E-state index in [0.717, 1.165) is 55.4 Å². The smallest absolute Gasteiger partial charge is 0.416 e. The molecule has 0 spiro atoms. The van der Waals surface area contributed by atoms with E-state index in [4.69, 9.17) is 4.74 Å². The minimum Gasteiger partial charge on any atom is -0.465 e. The molecule has 2 heterocycles. The van der Waals surface area contributed by atoms with Gasteiger partial charge in [0.1, 0.15) is 0 Å². The van der Waals surface area contributed by atoms with Crippen molar-refractivity contribution in [1.82, 2.24) is 15.1 Å². The molecule has 8 heteroatoms. The van der Waals surface area contributed by atoms with Crippen molar-refractivity contribution in [3.63, 3.8) is 0 Å². The molecule has 0 unspecified atom stereocenters. The lowest BCUT2D eigenvalue weighted by Gasteiger charge is -2.32. The van der Waals surface area contributed by atoms with Crippen molar-refractivity contribution in [1.29, 1.82) is 0 Å². The number of likely N-dealkylation sites (tertiary alicyclic amines) is 1. The molecule has 3 aromatic rings. The average molecular weight is 443 g/mol. The molecule has 32 heavy (non-hydrogen) atoms. The van der Waals surface area contributed by atoms with E-state index in [2.05, 4.69) is 15.1 Å². The number of H-pyrrole nitrogens is 1. The van der Waals surface area contributed by atoms with Crippen molar-refractivity contribution >= 4 is 5.97 Å². The van der Waals surface area contributed by atoms with E-state index in [-0.39, 0.29) is 11.9 Å². The molecule has 2 aromatic carbocycles. The Bertz CT molecular complexity index is 1070. The van der Waals surface area contributed by atoms with Crippen LogP contribution in [0, 0.1) is 0 Å². The van der Waals surface area contributed by atoms with Gasteiger partial charge in [0.15, 0.2) is 0 Å². The Morgan fingerprint density at radius 1 is 1.16 bits per heavy atom. The molecule has 168 valence electrons. The fourth-order valence-electron chi connectivity index (χ4n) is 4.20. The Balaban J connectivity index is 1.41. The number of carbonyl (C=O) groups is 1. The standard InChI is InChI=1S/C24H24F3N3O2/c1-32-23(31)18-7-5-16(6-8-18)15-30-11-9-17(10-12-30)22-21(14-28-29-22)19-3-2-4-20(13-19)24(25,26)27/h2-8,13-14,17H,9-12,15H2,1H3,(H,28,29). The van der Waals surface area contributed by atoms with Crippen LogP contribution in [0.4, 0.5) is 13.2 Å². The van der Waals surface area contributed by atoms with Crippen LogP contribution in [0.25, 0.3) is 11.1 Å². The molecule has 0 saturated carbocycles. The number of aromatic amines is 1. The Hall–Kier alpha value is -3.13. The predicted octanol–water partition coefficient (Wildman–Crippen LogP) is 5.26. The summed E-state index contributed by atoms with van der Waals surface area (Å²) in [7, 11) is 1.36. The van der Waals surface area contributed by atoms with E-state index < -0.39 is 11.7 Å². The molecule has 1 aliphatic rings. The van der Waals surface area contributed by atoms with E-state index in [1.807, 2.05) is 12.1 Å². The van der Waals surface area contributed by atoms with Gasteiger partial charge >= 0.3 is 12.1 Å². The van der Waals surface area contributed by atoms with Gasteiger partial charge in [0.2, 0.25) is 0 Å². The predicted molar refractivity (Wildman–Crippen MR) is 114 cm³/mol. The highest BCUT2D eigenvalue weighted by Gasteiger charge is 2.31. The second kappa shape index (κ2) is 9.16. The molecule has 0 amide bonds. The van der Waals surface area contributed by atoms with Gasteiger partial charge in [0.05, 0.1) is 24.4 Å².